The van der Waals surface area contributed by atoms with E-state index in [9.17, 15) is 5.26 Å². The number of nitrogens with zero attached hydrogens (tertiary/aromatic N) is 7. The van der Waals surface area contributed by atoms with E-state index < -0.39 is 0 Å². The van der Waals surface area contributed by atoms with Gasteiger partial charge in [-0.2, -0.15) is 10.4 Å². The number of nitriles is 1. The molecule has 0 saturated carbocycles. The fraction of sp³-hybridized carbons (Fsp3) is 0.294. The normalized spacial score (nSPS) is 14.8. The highest BCUT2D eigenvalue weighted by molar-refractivity contribution is 6.30. The first kappa shape index (κ1) is 15.7. The molecule has 1 saturated heterocycles. The summed E-state index contributed by atoms with van der Waals surface area (Å²) in [6.45, 7) is 3.24. The van der Waals surface area contributed by atoms with Gasteiger partial charge >= 0.3 is 0 Å². The Morgan fingerprint density at radius 1 is 1.12 bits per heavy atom. The van der Waals surface area contributed by atoms with Gasteiger partial charge in [-0.25, -0.2) is 9.97 Å². The van der Waals surface area contributed by atoms with Gasteiger partial charge in [-0.05, 0) is 18.2 Å². The van der Waals surface area contributed by atoms with Gasteiger partial charge in [-0.15, -0.1) is 0 Å². The highest BCUT2D eigenvalue weighted by atomic mass is 35.5. The number of aromatic nitrogens is 4. The van der Waals surface area contributed by atoms with Crippen LogP contribution in [0.5, 0.6) is 0 Å². The molecule has 0 N–H and O–H groups in total. The maximum absolute atomic E-state index is 9.35. The predicted molar refractivity (Wildman–Crippen MR) is 96.9 cm³/mol. The first-order valence-corrected chi connectivity index (χ1v) is 8.37. The predicted octanol–water partition coefficient (Wildman–Crippen LogP) is 2.21. The molecule has 1 aromatic carbocycles. The maximum Gasteiger partial charge on any atom is 0.163 e. The van der Waals surface area contributed by atoms with E-state index in [1.165, 1.54) is 0 Å². The molecule has 2 aromatic heterocycles. The fourth-order valence-corrected chi connectivity index (χ4v) is 3.41. The van der Waals surface area contributed by atoms with Gasteiger partial charge in [0, 0.05) is 38.2 Å². The zero-order valence-corrected chi connectivity index (χ0v) is 14.5. The summed E-state index contributed by atoms with van der Waals surface area (Å²) >= 11 is 6.00. The molecule has 0 atom stereocenters. The van der Waals surface area contributed by atoms with Gasteiger partial charge in [0.2, 0.25) is 0 Å². The van der Waals surface area contributed by atoms with Crippen LogP contribution in [0.2, 0.25) is 5.02 Å². The second kappa shape index (κ2) is 6.22. The summed E-state index contributed by atoms with van der Waals surface area (Å²) in [5.41, 5.74) is 2.37. The highest BCUT2D eigenvalue weighted by Crippen LogP contribution is 2.27. The van der Waals surface area contributed by atoms with E-state index in [4.69, 9.17) is 11.6 Å². The number of halogens is 1. The van der Waals surface area contributed by atoms with Gasteiger partial charge < -0.3 is 9.80 Å². The van der Waals surface area contributed by atoms with Crippen molar-refractivity contribution in [3.05, 3.63) is 41.3 Å². The van der Waals surface area contributed by atoms with Crippen LogP contribution in [0.25, 0.3) is 11.0 Å². The number of rotatable bonds is 2. The molecule has 1 aliphatic rings. The molecular formula is C17H16ClN7. The number of fused-ring (bicyclic) bond motifs is 1. The number of aryl methyl sites for hydroxylation is 1. The minimum absolute atomic E-state index is 0.582. The molecule has 3 aromatic rings. The monoisotopic (exact) mass is 353 g/mol. The van der Waals surface area contributed by atoms with Crippen LogP contribution < -0.4 is 9.80 Å². The molecule has 3 heterocycles. The average Bonchev–Trinajstić information content (AvgIpc) is 3.03. The van der Waals surface area contributed by atoms with Crippen molar-refractivity contribution in [2.75, 3.05) is 36.0 Å². The molecule has 0 aliphatic carbocycles. The van der Waals surface area contributed by atoms with Crippen LogP contribution >= 0.6 is 11.6 Å². The standard InChI is InChI=1S/C17H16ClN7/c1-23-16-14(10-22-23)17(21-11-20-16)25-6-4-24(5-7-25)15-3-2-13(18)8-12(15)9-19/h2-3,8,10-11H,4-7H2,1H3. The highest BCUT2D eigenvalue weighted by Gasteiger charge is 2.22. The summed E-state index contributed by atoms with van der Waals surface area (Å²) < 4.78 is 1.75. The van der Waals surface area contributed by atoms with Gasteiger partial charge in [0.15, 0.2) is 5.65 Å². The van der Waals surface area contributed by atoms with Crippen molar-refractivity contribution in [3.8, 4) is 6.07 Å². The van der Waals surface area contributed by atoms with Gasteiger partial charge in [0.25, 0.3) is 0 Å². The lowest BCUT2D eigenvalue weighted by Gasteiger charge is -2.37. The molecule has 0 amide bonds. The van der Waals surface area contributed by atoms with E-state index in [0.717, 1.165) is 48.7 Å². The van der Waals surface area contributed by atoms with Crippen LogP contribution in [-0.2, 0) is 7.05 Å². The van der Waals surface area contributed by atoms with E-state index >= 15 is 0 Å². The first-order valence-electron chi connectivity index (χ1n) is 7.99. The van der Waals surface area contributed by atoms with Crippen LogP contribution in [-0.4, -0.2) is 45.9 Å². The molecule has 126 valence electrons. The van der Waals surface area contributed by atoms with Crippen molar-refractivity contribution < 1.29 is 0 Å². The van der Waals surface area contributed by atoms with Crippen molar-refractivity contribution in [1.82, 2.24) is 19.7 Å². The molecule has 8 heteroatoms. The molecule has 7 nitrogen and oxygen atoms in total. The third-order valence-electron chi connectivity index (χ3n) is 4.51. The van der Waals surface area contributed by atoms with E-state index in [1.54, 1.807) is 17.1 Å². The molecule has 1 aliphatic heterocycles. The van der Waals surface area contributed by atoms with Crippen LogP contribution in [0.15, 0.2) is 30.7 Å². The van der Waals surface area contributed by atoms with E-state index in [0.29, 0.717) is 10.6 Å². The molecule has 0 unspecified atom stereocenters. The molecule has 0 radical (unpaired) electrons. The zero-order chi connectivity index (χ0) is 17.4. The summed E-state index contributed by atoms with van der Waals surface area (Å²) in [4.78, 5) is 13.2. The molecule has 0 spiro atoms. The van der Waals surface area contributed by atoms with Crippen molar-refractivity contribution in [1.29, 1.82) is 5.26 Å². The Balaban J connectivity index is 1.57. The lowest BCUT2D eigenvalue weighted by atomic mass is 10.1. The van der Waals surface area contributed by atoms with E-state index in [1.807, 2.05) is 25.4 Å². The van der Waals surface area contributed by atoms with Crippen LogP contribution in [0.1, 0.15) is 5.56 Å². The summed E-state index contributed by atoms with van der Waals surface area (Å²) in [6, 6.07) is 7.69. The number of anilines is 2. The summed E-state index contributed by atoms with van der Waals surface area (Å²) in [5.74, 6) is 0.911. The summed E-state index contributed by atoms with van der Waals surface area (Å²) in [5, 5.41) is 15.2. The quantitative estimate of drug-likeness (QED) is 0.703. The smallest absolute Gasteiger partial charge is 0.163 e. The van der Waals surface area contributed by atoms with Crippen LogP contribution in [0.3, 0.4) is 0 Å². The second-order valence-electron chi connectivity index (χ2n) is 5.95. The third kappa shape index (κ3) is 2.75. The Kier molecular flexibility index (Phi) is 3.90. The van der Waals surface area contributed by atoms with Gasteiger partial charge in [0.1, 0.15) is 18.2 Å². The minimum Gasteiger partial charge on any atom is -0.367 e. The number of benzene rings is 1. The molecule has 25 heavy (non-hydrogen) atoms. The Labute approximate surface area is 150 Å². The lowest BCUT2D eigenvalue weighted by Crippen LogP contribution is -2.47. The second-order valence-corrected chi connectivity index (χ2v) is 6.39. The molecular weight excluding hydrogens is 338 g/mol. The topological polar surface area (TPSA) is 73.9 Å². The van der Waals surface area contributed by atoms with Gasteiger partial charge in [0.05, 0.1) is 22.8 Å². The Morgan fingerprint density at radius 2 is 1.88 bits per heavy atom. The third-order valence-corrected chi connectivity index (χ3v) is 4.74. The van der Waals surface area contributed by atoms with E-state index in [2.05, 4.69) is 30.9 Å². The lowest BCUT2D eigenvalue weighted by molar-refractivity contribution is 0.648. The number of piperazine rings is 1. The van der Waals surface area contributed by atoms with Gasteiger partial charge in [-0.1, -0.05) is 11.6 Å². The first-order chi connectivity index (χ1) is 12.2. The van der Waals surface area contributed by atoms with Crippen molar-refractivity contribution in [2.45, 2.75) is 0 Å². The molecule has 4 rings (SSSR count). The zero-order valence-electron chi connectivity index (χ0n) is 13.7. The van der Waals surface area contributed by atoms with Gasteiger partial charge in [-0.3, -0.25) is 4.68 Å². The maximum atomic E-state index is 9.35. The van der Waals surface area contributed by atoms with Crippen molar-refractivity contribution in [3.63, 3.8) is 0 Å². The number of hydrogen-bond donors (Lipinski definition) is 0. The average molecular weight is 354 g/mol. The van der Waals surface area contributed by atoms with E-state index in [-0.39, 0.29) is 0 Å². The van der Waals surface area contributed by atoms with Crippen molar-refractivity contribution >= 4 is 34.1 Å². The largest absolute Gasteiger partial charge is 0.367 e. The number of hydrogen-bond acceptors (Lipinski definition) is 6. The fourth-order valence-electron chi connectivity index (χ4n) is 3.23. The summed E-state index contributed by atoms with van der Waals surface area (Å²) in [7, 11) is 1.88. The Hall–Kier alpha value is -2.85. The minimum atomic E-state index is 0.582. The van der Waals surface area contributed by atoms with Crippen LogP contribution in [0.4, 0.5) is 11.5 Å². The summed E-state index contributed by atoms with van der Waals surface area (Å²) in [6.07, 6.45) is 3.39. The Bertz CT molecular complexity index is 967. The van der Waals surface area contributed by atoms with Crippen molar-refractivity contribution in [2.24, 2.45) is 7.05 Å². The Morgan fingerprint density at radius 3 is 2.64 bits per heavy atom. The SMILES string of the molecule is Cn1ncc2c(N3CCN(c4ccc(Cl)cc4C#N)CC3)ncnc21. The molecule has 0 bridgehead atoms. The van der Waals surface area contributed by atoms with Crippen LogP contribution in [0, 0.1) is 11.3 Å². The molecule has 1 fully saturated rings.